The number of nitrogens with one attached hydrogen (secondary N) is 1. The van der Waals surface area contributed by atoms with Gasteiger partial charge in [-0.25, -0.2) is 4.98 Å². The quantitative estimate of drug-likeness (QED) is 0.912. The Morgan fingerprint density at radius 1 is 1.53 bits per heavy atom. The average Bonchev–Trinajstić information content (AvgIpc) is 2.95. The van der Waals surface area contributed by atoms with Gasteiger partial charge in [0, 0.05) is 21.3 Å². The smallest absolute Gasteiger partial charge is 0.258 e. The van der Waals surface area contributed by atoms with Crippen LogP contribution in [0.4, 0.5) is 5.13 Å². The van der Waals surface area contributed by atoms with Gasteiger partial charge in [-0.2, -0.15) is 0 Å². The number of fused-ring (bicyclic) bond motifs is 1. The number of rotatable bonds is 2. The summed E-state index contributed by atoms with van der Waals surface area (Å²) in [6.07, 6.45) is 5.11. The van der Waals surface area contributed by atoms with Crippen molar-refractivity contribution in [3.63, 3.8) is 0 Å². The van der Waals surface area contributed by atoms with Crippen molar-refractivity contribution in [1.29, 1.82) is 0 Å². The maximum atomic E-state index is 12.3. The number of nitrogens with zero attached hydrogens (tertiary/aromatic N) is 1. The molecule has 2 aromatic heterocycles. The van der Waals surface area contributed by atoms with Gasteiger partial charge in [0.2, 0.25) is 0 Å². The van der Waals surface area contributed by atoms with Gasteiger partial charge in [-0.1, -0.05) is 6.92 Å². The van der Waals surface area contributed by atoms with Crippen LogP contribution in [0.1, 0.15) is 39.0 Å². The van der Waals surface area contributed by atoms with Gasteiger partial charge < -0.3 is 0 Å². The molecule has 1 atom stereocenters. The van der Waals surface area contributed by atoms with Crippen molar-refractivity contribution in [3.05, 3.63) is 32.5 Å². The van der Waals surface area contributed by atoms with Gasteiger partial charge in [-0.05, 0) is 37.7 Å². The predicted octanol–water partition coefficient (Wildman–Crippen LogP) is 3.89. The fraction of sp³-hybridized carbons (Fsp3) is 0.429. The van der Waals surface area contributed by atoms with Crippen molar-refractivity contribution >= 4 is 33.7 Å². The maximum absolute atomic E-state index is 12.3. The van der Waals surface area contributed by atoms with Gasteiger partial charge >= 0.3 is 0 Å². The predicted molar refractivity (Wildman–Crippen MR) is 80.3 cm³/mol. The average molecular weight is 292 g/mol. The lowest BCUT2D eigenvalue weighted by Gasteiger charge is -2.18. The highest BCUT2D eigenvalue weighted by atomic mass is 32.1. The van der Waals surface area contributed by atoms with Crippen LogP contribution in [-0.2, 0) is 12.8 Å². The third kappa shape index (κ3) is 2.58. The summed E-state index contributed by atoms with van der Waals surface area (Å²) in [4.78, 5) is 19.0. The molecular formula is C14H16N2OS2. The number of thiophene rings is 1. The summed E-state index contributed by atoms with van der Waals surface area (Å²) in [5.74, 6) is 0.727. The Morgan fingerprint density at radius 2 is 2.37 bits per heavy atom. The highest BCUT2D eigenvalue weighted by Gasteiger charge is 2.23. The normalized spacial score (nSPS) is 18.1. The lowest BCUT2D eigenvalue weighted by Crippen LogP contribution is -2.16. The minimum atomic E-state index is -0.0126. The van der Waals surface area contributed by atoms with Gasteiger partial charge in [0.05, 0.1) is 5.56 Å². The van der Waals surface area contributed by atoms with E-state index in [1.54, 1.807) is 17.5 Å². The van der Waals surface area contributed by atoms with Crippen LogP contribution in [0.2, 0.25) is 0 Å². The highest BCUT2D eigenvalue weighted by Crippen LogP contribution is 2.33. The number of anilines is 1. The van der Waals surface area contributed by atoms with E-state index in [-0.39, 0.29) is 5.91 Å². The zero-order valence-electron chi connectivity index (χ0n) is 11.0. The van der Waals surface area contributed by atoms with E-state index in [9.17, 15) is 4.79 Å². The first-order valence-electron chi connectivity index (χ1n) is 6.46. The Balaban J connectivity index is 1.81. The van der Waals surface area contributed by atoms with Crippen LogP contribution >= 0.6 is 22.7 Å². The van der Waals surface area contributed by atoms with Crippen molar-refractivity contribution in [3.8, 4) is 0 Å². The summed E-state index contributed by atoms with van der Waals surface area (Å²) in [5.41, 5.74) is 2.11. The third-order valence-corrected chi connectivity index (χ3v) is 5.37. The fourth-order valence-electron chi connectivity index (χ4n) is 2.44. The fourth-order valence-corrected chi connectivity index (χ4v) is 4.35. The third-order valence-electron chi connectivity index (χ3n) is 3.49. The van der Waals surface area contributed by atoms with Crippen LogP contribution in [0, 0.1) is 12.8 Å². The molecule has 5 heteroatoms. The van der Waals surface area contributed by atoms with Gasteiger partial charge in [-0.3, -0.25) is 10.1 Å². The molecule has 0 bridgehead atoms. The van der Waals surface area contributed by atoms with Gasteiger partial charge in [0.25, 0.3) is 5.91 Å². The topological polar surface area (TPSA) is 42.0 Å². The summed E-state index contributed by atoms with van der Waals surface area (Å²) in [6, 6.07) is 0. The molecule has 1 aliphatic carbocycles. The number of carbonyl (C=O) groups is 1. The SMILES string of the molecule is Cc1cnc(NC(=O)c2csc3c2CCC(C)C3)s1. The molecule has 1 aliphatic rings. The second kappa shape index (κ2) is 5.06. The standard InChI is InChI=1S/C14H16N2OS2/c1-8-3-4-10-11(7-18-12(10)5-8)13(17)16-14-15-6-9(2)19-14/h6-8H,3-5H2,1-2H3,(H,15,16,17). The van der Waals surface area contributed by atoms with Crippen LogP contribution < -0.4 is 5.32 Å². The van der Waals surface area contributed by atoms with Gasteiger partial charge in [-0.15, -0.1) is 22.7 Å². The summed E-state index contributed by atoms with van der Waals surface area (Å²) in [6.45, 7) is 4.27. The molecule has 0 aliphatic heterocycles. The van der Waals surface area contributed by atoms with Crippen LogP contribution in [0.3, 0.4) is 0 Å². The van der Waals surface area contributed by atoms with E-state index in [4.69, 9.17) is 0 Å². The molecule has 0 aromatic carbocycles. The summed E-state index contributed by atoms with van der Waals surface area (Å²) in [7, 11) is 0. The molecular weight excluding hydrogens is 276 g/mol. The molecule has 3 nitrogen and oxygen atoms in total. The molecule has 1 unspecified atom stereocenters. The molecule has 100 valence electrons. The summed E-state index contributed by atoms with van der Waals surface area (Å²) < 4.78 is 0. The Hall–Kier alpha value is -1.20. The molecule has 0 spiro atoms. The Kier molecular flexibility index (Phi) is 3.41. The van der Waals surface area contributed by atoms with Crippen LogP contribution in [-0.4, -0.2) is 10.9 Å². The Labute approximate surface area is 120 Å². The van der Waals surface area contributed by atoms with E-state index in [1.165, 1.54) is 28.2 Å². The van der Waals surface area contributed by atoms with Crippen LogP contribution in [0.25, 0.3) is 0 Å². The van der Waals surface area contributed by atoms with Gasteiger partial charge in [0.15, 0.2) is 5.13 Å². The van der Waals surface area contributed by atoms with Crippen molar-refractivity contribution in [2.45, 2.75) is 33.1 Å². The molecule has 0 saturated heterocycles. The molecule has 0 fully saturated rings. The van der Waals surface area contributed by atoms with Crippen LogP contribution in [0.15, 0.2) is 11.6 Å². The molecule has 3 rings (SSSR count). The highest BCUT2D eigenvalue weighted by molar-refractivity contribution is 7.15. The molecule has 19 heavy (non-hydrogen) atoms. The first kappa shape index (κ1) is 12.8. The molecule has 1 N–H and O–H groups in total. The second-order valence-corrected chi connectivity index (χ2v) is 7.33. The van der Waals surface area contributed by atoms with Crippen molar-refractivity contribution < 1.29 is 4.79 Å². The minimum absolute atomic E-state index is 0.0126. The Morgan fingerprint density at radius 3 is 3.11 bits per heavy atom. The maximum Gasteiger partial charge on any atom is 0.258 e. The van der Waals surface area contributed by atoms with E-state index >= 15 is 0 Å². The molecule has 0 radical (unpaired) electrons. The number of thiazole rings is 1. The molecule has 0 saturated carbocycles. The zero-order valence-corrected chi connectivity index (χ0v) is 12.7. The summed E-state index contributed by atoms with van der Waals surface area (Å²) in [5, 5.41) is 5.59. The lowest BCUT2D eigenvalue weighted by molar-refractivity contribution is 0.102. The van der Waals surface area contributed by atoms with E-state index in [1.807, 2.05) is 12.3 Å². The Bertz CT molecular complexity index is 615. The number of amides is 1. The van der Waals surface area contributed by atoms with E-state index in [2.05, 4.69) is 17.2 Å². The number of hydrogen-bond acceptors (Lipinski definition) is 4. The van der Waals surface area contributed by atoms with Crippen molar-refractivity contribution in [1.82, 2.24) is 4.98 Å². The van der Waals surface area contributed by atoms with Crippen LogP contribution in [0.5, 0.6) is 0 Å². The van der Waals surface area contributed by atoms with E-state index < -0.39 is 0 Å². The number of aryl methyl sites for hydroxylation is 1. The molecule has 1 amide bonds. The number of carbonyl (C=O) groups excluding carboxylic acids is 1. The lowest BCUT2D eigenvalue weighted by atomic mass is 9.88. The first-order chi connectivity index (χ1) is 9.13. The van der Waals surface area contributed by atoms with Crippen molar-refractivity contribution in [2.24, 2.45) is 5.92 Å². The van der Waals surface area contributed by atoms with Gasteiger partial charge in [0.1, 0.15) is 0 Å². The molecule has 2 aromatic rings. The second-order valence-electron chi connectivity index (χ2n) is 5.13. The minimum Gasteiger partial charge on any atom is -0.298 e. The number of hydrogen-bond donors (Lipinski definition) is 1. The summed E-state index contributed by atoms with van der Waals surface area (Å²) >= 11 is 3.23. The van der Waals surface area contributed by atoms with Crippen molar-refractivity contribution in [2.75, 3.05) is 5.32 Å². The molecule has 2 heterocycles. The van der Waals surface area contributed by atoms with E-state index in [0.717, 1.165) is 29.2 Å². The zero-order chi connectivity index (χ0) is 13.4. The van der Waals surface area contributed by atoms with E-state index in [0.29, 0.717) is 5.13 Å². The monoisotopic (exact) mass is 292 g/mol. The first-order valence-corrected chi connectivity index (χ1v) is 8.16. The largest absolute Gasteiger partial charge is 0.298 e. The number of aromatic nitrogens is 1.